The first kappa shape index (κ1) is 24.6. The second kappa shape index (κ2) is 10.4. The van der Waals surface area contributed by atoms with Gasteiger partial charge in [0.1, 0.15) is 11.9 Å². The van der Waals surface area contributed by atoms with Crippen LogP contribution in [-0.2, 0) is 10.0 Å². The molecule has 1 saturated heterocycles. The smallest absolute Gasteiger partial charge is 0.255 e. The molecule has 2 heterocycles. The molecule has 0 bridgehead atoms. The number of ether oxygens (including phenoxy) is 1. The zero-order valence-corrected chi connectivity index (χ0v) is 20.3. The van der Waals surface area contributed by atoms with E-state index >= 15 is 0 Å². The average Bonchev–Trinajstić information content (AvgIpc) is 2.85. The fourth-order valence-corrected chi connectivity index (χ4v) is 4.81. The molecule has 1 fully saturated rings. The molecule has 0 aliphatic carbocycles. The molecule has 0 radical (unpaired) electrons. The van der Waals surface area contributed by atoms with Crippen LogP contribution in [0.3, 0.4) is 0 Å². The summed E-state index contributed by atoms with van der Waals surface area (Å²) < 4.78 is 46.4. The Morgan fingerprint density at radius 1 is 1.06 bits per heavy atom. The van der Waals surface area contributed by atoms with Gasteiger partial charge in [-0.1, -0.05) is 12.1 Å². The van der Waals surface area contributed by atoms with Gasteiger partial charge >= 0.3 is 0 Å². The van der Waals surface area contributed by atoms with Gasteiger partial charge in [-0.05, 0) is 42.5 Å². The van der Waals surface area contributed by atoms with E-state index in [1.165, 1.54) is 50.5 Å². The van der Waals surface area contributed by atoms with Crippen LogP contribution in [0.15, 0.2) is 71.8 Å². The Hall–Kier alpha value is -3.50. The minimum atomic E-state index is -3.60. The summed E-state index contributed by atoms with van der Waals surface area (Å²) in [4.78, 5) is 19.0. The van der Waals surface area contributed by atoms with Crippen LogP contribution in [0.1, 0.15) is 23.2 Å². The molecule has 0 atom stereocenters. The molecule has 0 unspecified atom stereocenters. The normalized spacial score (nSPS) is 14.7. The van der Waals surface area contributed by atoms with E-state index in [1.54, 1.807) is 18.3 Å². The van der Waals surface area contributed by atoms with E-state index in [0.29, 0.717) is 43.2 Å². The summed E-state index contributed by atoms with van der Waals surface area (Å²) in [5.74, 6) is -0.326. The van der Waals surface area contributed by atoms with Crippen molar-refractivity contribution in [3.63, 3.8) is 0 Å². The van der Waals surface area contributed by atoms with Crippen molar-refractivity contribution in [3.8, 4) is 5.88 Å². The number of hydrogen-bond donors (Lipinski definition) is 1. The van der Waals surface area contributed by atoms with Crippen LogP contribution in [0.2, 0.25) is 0 Å². The van der Waals surface area contributed by atoms with E-state index in [1.807, 2.05) is 17.0 Å². The van der Waals surface area contributed by atoms with Crippen molar-refractivity contribution in [2.24, 2.45) is 0 Å². The summed E-state index contributed by atoms with van der Waals surface area (Å²) in [6.45, 7) is 1.11. The third-order valence-corrected chi connectivity index (χ3v) is 7.64. The number of benzene rings is 2. The number of nitrogens with zero attached hydrogens (tertiary/aromatic N) is 3. The molecule has 1 aliphatic heterocycles. The first-order chi connectivity index (χ1) is 16.8. The van der Waals surface area contributed by atoms with Crippen molar-refractivity contribution in [1.29, 1.82) is 0 Å². The van der Waals surface area contributed by atoms with Gasteiger partial charge in [0, 0.05) is 57.9 Å². The summed E-state index contributed by atoms with van der Waals surface area (Å²) in [6, 6.07) is 15.7. The molecule has 184 valence electrons. The largest absolute Gasteiger partial charge is 0.474 e. The SMILES string of the molecule is CN(C)S(=O)(=O)c1ccc(C(=O)Nc2cccc(F)c2N2CCC(Oc3ccccn3)CC2)cc1. The van der Waals surface area contributed by atoms with Crippen molar-refractivity contribution in [1.82, 2.24) is 9.29 Å². The molecule has 1 aromatic heterocycles. The van der Waals surface area contributed by atoms with E-state index < -0.39 is 21.7 Å². The Balaban J connectivity index is 1.46. The monoisotopic (exact) mass is 498 g/mol. The molecule has 8 nitrogen and oxygen atoms in total. The Bertz CT molecular complexity index is 1280. The second-order valence-electron chi connectivity index (χ2n) is 8.37. The van der Waals surface area contributed by atoms with Crippen molar-refractivity contribution in [2.45, 2.75) is 23.8 Å². The lowest BCUT2D eigenvalue weighted by Crippen LogP contribution is -2.39. The van der Waals surface area contributed by atoms with Crippen LogP contribution in [-0.4, -0.2) is 56.9 Å². The molecular formula is C25H27FN4O4S. The number of sulfonamides is 1. The van der Waals surface area contributed by atoms with E-state index in [0.717, 1.165) is 4.31 Å². The standard InChI is InChI=1S/C25H27FN4O4S/c1-29(2)35(32,33)20-11-9-18(10-12-20)25(31)28-22-7-5-6-21(26)24(22)30-16-13-19(14-17-30)34-23-8-3-4-15-27-23/h3-12,15,19H,13-14,16-17H2,1-2H3,(H,28,31). The summed E-state index contributed by atoms with van der Waals surface area (Å²) in [5, 5.41) is 2.78. The molecule has 3 aromatic rings. The third kappa shape index (κ3) is 5.60. The van der Waals surface area contributed by atoms with Crippen molar-refractivity contribution < 1.29 is 22.3 Å². The Kier molecular flexibility index (Phi) is 7.32. The van der Waals surface area contributed by atoms with Crippen LogP contribution < -0.4 is 15.0 Å². The number of carbonyl (C=O) groups is 1. The predicted octanol–water partition coefficient (Wildman–Crippen LogP) is 3.77. The predicted molar refractivity (Wildman–Crippen MR) is 132 cm³/mol. The van der Waals surface area contributed by atoms with Crippen molar-refractivity contribution in [3.05, 3.63) is 78.2 Å². The molecule has 10 heteroatoms. The van der Waals surface area contributed by atoms with E-state index in [9.17, 15) is 17.6 Å². The molecule has 2 aromatic carbocycles. The lowest BCUT2D eigenvalue weighted by atomic mass is 10.1. The number of amides is 1. The summed E-state index contributed by atoms with van der Waals surface area (Å²) in [5.41, 5.74) is 0.938. The number of piperidine rings is 1. The van der Waals surface area contributed by atoms with Gasteiger partial charge < -0.3 is 15.0 Å². The highest BCUT2D eigenvalue weighted by Gasteiger charge is 2.25. The molecule has 35 heavy (non-hydrogen) atoms. The summed E-state index contributed by atoms with van der Waals surface area (Å²) in [7, 11) is -0.720. The number of nitrogens with one attached hydrogen (secondary N) is 1. The molecule has 1 amide bonds. The fourth-order valence-electron chi connectivity index (χ4n) is 3.91. The van der Waals surface area contributed by atoms with Crippen LogP contribution in [0.4, 0.5) is 15.8 Å². The van der Waals surface area contributed by atoms with Gasteiger partial charge in [-0.25, -0.2) is 22.1 Å². The van der Waals surface area contributed by atoms with Gasteiger partial charge in [0.05, 0.1) is 16.3 Å². The summed E-state index contributed by atoms with van der Waals surface area (Å²) >= 11 is 0. The van der Waals surface area contributed by atoms with E-state index in [2.05, 4.69) is 10.3 Å². The Morgan fingerprint density at radius 2 is 1.77 bits per heavy atom. The molecule has 1 aliphatic rings. The molecule has 1 N–H and O–H groups in total. The first-order valence-electron chi connectivity index (χ1n) is 11.2. The topological polar surface area (TPSA) is 91.8 Å². The second-order valence-corrected chi connectivity index (χ2v) is 10.5. The van der Waals surface area contributed by atoms with Crippen molar-refractivity contribution >= 4 is 27.3 Å². The van der Waals surface area contributed by atoms with Gasteiger partial charge in [-0.3, -0.25) is 4.79 Å². The van der Waals surface area contributed by atoms with Gasteiger partial charge in [-0.2, -0.15) is 0 Å². The fraction of sp³-hybridized carbons (Fsp3) is 0.280. The number of aromatic nitrogens is 1. The van der Waals surface area contributed by atoms with Gasteiger partial charge in [0.2, 0.25) is 15.9 Å². The highest BCUT2D eigenvalue weighted by atomic mass is 32.2. The number of anilines is 2. The molecular weight excluding hydrogens is 471 g/mol. The maximum Gasteiger partial charge on any atom is 0.255 e. The average molecular weight is 499 g/mol. The zero-order chi connectivity index (χ0) is 25.0. The number of carbonyl (C=O) groups excluding carboxylic acids is 1. The minimum Gasteiger partial charge on any atom is -0.474 e. The van der Waals surface area contributed by atoms with Gasteiger partial charge in [0.25, 0.3) is 5.91 Å². The van der Waals surface area contributed by atoms with Crippen LogP contribution in [0.5, 0.6) is 5.88 Å². The minimum absolute atomic E-state index is 0.0251. The lowest BCUT2D eigenvalue weighted by Gasteiger charge is -2.34. The zero-order valence-electron chi connectivity index (χ0n) is 19.5. The van der Waals surface area contributed by atoms with Crippen LogP contribution in [0.25, 0.3) is 0 Å². The molecule has 0 saturated carbocycles. The Morgan fingerprint density at radius 3 is 2.40 bits per heavy atom. The molecule has 4 rings (SSSR count). The third-order valence-electron chi connectivity index (χ3n) is 5.81. The van der Waals surface area contributed by atoms with E-state index in [4.69, 9.17) is 4.74 Å². The highest BCUT2D eigenvalue weighted by molar-refractivity contribution is 7.89. The molecule has 0 spiro atoms. The number of hydrogen-bond acceptors (Lipinski definition) is 6. The maximum atomic E-state index is 14.9. The lowest BCUT2D eigenvalue weighted by molar-refractivity contribution is 0.102. The number of halogens is 1. The van der Waals surface area contributed by atoms with Crippen LogP contribution >= 0.6 is 0 Å². The number of para-hydroxylation sites is 1. The summed E-state index contributed by atoms with van der Waals surface area (Å²) in [6.07, 6.45) is 3.01. The van der Waals surface area contributed by atoms with Gasteiger partial charge in [-0.15, -0.1) is 0 Å². The van der Waals surface area contributed by atoms with Crippen LogP contribution in [0, 0.1) is 5.82 Å². The van der Waals surface area contributed by atoms with Crippen molar-refractivity contribution in [2.75, 3.05) is 37.4 Å². The quantitative estimate of drug-likeness (QED) is 0.533. The Labute approximate surface area is 204 Å². The van der Waals surface area contributed by atoms with E-state index in [-0.39, 0.29) is 16.6 Å². The maximum absolute atomic E-state index is 14.9. The highest BCUT2D eigenvalue weighted by Crippen LogP contribution is 2.32. The number of pyridine rings is 1. The van der Waals surface area contributed by atoms with Gasteiger partial charge in [0.15, 0.2) is 0 Å². The first-order valence-corrected chi connectivity index (χ1v) is 12.6. The number of rotatable bonds is 7.